The van der Waals surface area contributed by atoms with Crippen molar-refractivity contribution in [2.45, 2.75) is 84.8 Å². The van der Waals surface area contributed by atoms with Crippen LogP contribution in [0, 0.1) is 13.8 Å². The second kappa shape index (κ2) is 7.19. The summed E-state index contributed by atoms with van der Waals surface area (Å²) in [4.78, 5) is 2.86. The van der Waals surface area contributed by atoms with E-state index in [0.29, 0.717) is 0 Å². The standard InChI is InChI=1S/C25H35N/c1-7-24(8-2)22-16-19(5)20(6)17-23(22)25(9-3,10-4)26(24)18-21-14-12-11-13-15-21/h11-17H,7-10,18H2,1-6H3. The normalized spacial score (nSPS) is 18.1. The Balaban J connectivity index is 2.25. The first kappa shape index (κ1) is 19.2. The summed E-state index contributed by atoms with van der Waals surface area (Å²) in [5, 5.41) is 0. The summed E-state index contributed by atoms with van der Waals surface area (Å²) in [6.45, 7) is 15.1. The van der Waals surface area contributed by atoms with Crippen LogP contribution in [0.3, 0.4) is 0 Å². The van der Waals surface area contributed by atoms with Crippen molar-refractivity contribution in [3.05, 3.63) is 70.3 Å². The number of hydrogen-bond donors (Lipinski definition) is 0. The zero-order valence-corrected chi connectivity index (χ0v) is 17.5. The highest BCUT2D eigenvalue weighted by Crippen LogP contribution is 2.57. The number of rotatable bonds is 6. The van der Waals surface area contributed by atoms with E-state index in [-0.39, 0.29) is 11.1 Å². The van der Waals surface area contributed by atoms with E-state index in [0.717, 1.165) is 32.2 Å². The van der Waals surface area contributed by atoms with Gasteiger partial charge in [0, 0.05) is 17.6 Å². The molecule has 140 valence electrons. The van der Waals surface area contributed by atoms with E-state index in [2.05, 4.69) is 88.9 Å². The molecule has 1 heterocycles. The van der Waals surface area contributed by atoms with Gasteiger partial charge in [-0.15, -0.1) is 0 Å². The Morgan fingerprint density at radius 2 is 1.12 bits per heavy atom. The van der Waals surface area contributed by atoms with E-state index < -0.39 is 0 Å². The lowest BCUT2D eigenvalue weighted by molar-refractivity contribution is -0.0233. The molecule has 2 aromatic carbocycles. The van der Waals surface area contributed by atoms with E-state index in [1.54, 1.807) is 11.1 Å². The summed E-state index contributed by atoms with van der Waals surface area (Å²) in [5.74, 6) is 0. The molecule has 0 amide bonds. The highest BCUT2D eigenvalue weighted by Gasteiger charge is 2.54. The molecule has 0 unspecified atom stereocenters. The predicted molar refractivity (Wildman–Crippen MR) is 112 cm³/mol. The molecule has 2 aromatic rings. The van der Waals surface area contributed by atoms with Gasteiger partial charge in [-0.25, -0.2) is 0 Å². The van der Waals surface area contributed by atoms with Crippen molar-refractivity contribution in [2.75, 3.05) is 0 Å². The molecule has 1 nitrogen and oxygen atoms in total. The first-order valence-electron chi connectivity index (χ1n) is 10.4. The van der Waals surface area contributed by atoms with Gasteiger partial charge in [0.15, 0.2) is 0 Å². The summed E-state index contributed by atoms with van der Waals surface area (Å²) >= 11 is 0. The Morgan fingerprint density at radius 1 is 0.692 bits per heavy atom. The maximum atomic E-state index is 2.86. The van der Waals surface area contributed by atoms with E-state index in [9.17, 15) is 0 Å². The third-order valence-corrected chi connectivity index (χ3v) is 7.19. The highest BCUT2D eigenvalue weighted by molar-refractivity contribution is 5.50. The Labute approximate surface area is 160 Å². The predicted octanol–water partition coefficient (Wildman–Crippen LogP) is 6.85. The molecular weight excluding hydrogens is 314 g/mol. The minimum absolute atomic E-state index is 0.135. The van der Waals surface area contributed by atoms with Gasteiger partial charge in [0.25, 0.3) is 0 Å². The summed E-state index contributed by atoms with van der Waals surface area (Å²) in [5.41, 5.74) is 7.72. The minimum Gasteiger partial charge on any atom is -0.280 e. The highest BCUT2D eigenvalue weighted by atomic mass is 15.3. The third kappa shape index (κ3) is 2.63. The summed E-state index contributed by atoms with van der Waals surface area (Å²) in [7, 11) is 0. The van der Waals surface area contributed by atoms with Crippen molar-refractivity contribution in [1.29, 1.82) is 0 Å². The van der Waals surface area contributed by atoms with Gasteiger partial charge in [-0.2, -0.15) is 0 Å². The van der Waals surface area contributed by atoms with E-state index in [1.165, 1.54) is 16.7 Å². The fourth-order valence-corrected chi connectivity index (χ4v) is 5.38. The minimum atomic E-state index is 0.135. The van der Waals surface area contributed by atoms with E-state index in [4.69, 9.17) is 0 Å². The van der Waals surface area contributed by atoms with Crippen molar-refractivity contribution in [1.82, 2.24) is 4.90 Å². The monoisotopic (exact) mass is 349 g/mol. The van der Waals surface area contributed by atoms with Gasteiger partial charge < -0.3 is 0 Å². The molecule has 1 aliphatic heterocycles. The van der Waals surface area contributed by atoms with Crippen molar-refractivity contribution in [3.8, 4) is 0 Å². The molecule has 0 N–H and O–H groups in total. The van der Waals surface area contributed by atoms with Gasteiger partial charge in [0.1, 0.15) is 0 Å². The molecule has 1 aliphatic rings. The maximum absolute atomic E-state index is 2.86. The fraction of sp³-hybridized carbons (Fsp3) is 0.520. The van der Waals surface area contributed by atoms with Crippen LogP contribution in [0.5, 0.6) is 0 Å². The number of hydrogen-bond acceptors (Lipinski definition) is 1. The smallest absolute Gasteiger partial charge is 0.0471 e. The van der Waals surface area contributed by atoms with Crippen LogP contribution in [0.15, 0.2) is 42.5 Å². The molecule has 26 heavy (non-hydrogen) atoms. The van der Waals surface area contributed by atoms with Crippen LogP contribution in [0.25, 0.3) is 0 Å². The Kier molecular flexibility index (Phi) is 5.30. The lowest BCUT2D eigenvalue weighted by atomic mass is 9.81. The van der Waals surface area contributed by atoms with Crippen LogP contribution in [-0.4, -0.2) is 4.90 Å². The zero-order chi connectivity index (χ0) is 18.9. The van der Waals surface area contributed by atoms with Crippen molar-refractivity contribution in [3.63, 3.8) is 0 Å². The number of aryl methyl sites for hydroxylation is 2. The van der Waals surface area contributed by atoms with Gasteiger partial charge in [0.05, 0.1) is 0 Å². The van der Waals surface area contributed by atoms with Gasteiger partial charge in [-0.3, -0.25) is 4.90 Å². The second-order valence-electron chi connectivity index (χ2n) is 8.03. The molecule has 0 spiro atoms. The average molecular weight is 350 g/mol. The Bertz CT molecular complexity index is 706. The Morgan fingerprint density at radius 3 is 1.50 bits per heavy atom. The molecule has 1 heteroatoms. The van der Waals surface area contributed by atoms with Crippen molar-refractivity contribution < 1.29 is 0 Å². The van der Waals surface area contributed by atoms with Gasteiger partial charge in [0.2, 0.25) is 0 Å². The molecule has 0 saturated heterocycles. The summed E-state index contributed by atoms with van der Waals surface area (Å²) < 4.78 is 0. The molecule has 0 aromatic heterocycles. The second-order valence-corrected chi connectivity index (χ2v) is 8.03. The molecule has 3 rings (SSSR count). The van der Waals surface area contributed by atoms with Crippen LogP contribution >= 0.6 is 0 Å². The molecule has 0 saturated carbocycles. The molecule has 0 aliphatic carbocycles. The van der Waals surface area contributed by atoms with Crippen LogP contribution < -0.4 is 0 Å². The van der Waals surface area contributed by atoms with Crippen LogP contribution in [0.4, 0.5) is 0 Å². The van der Waals surface area contributed by atoms with Crippen LogP contribution in [0.1, 0.15) is 81.2 Å². The largest absolute Gasteiger partial charge is 0.280 e. The SMILES string of the molecule is CCC1(CC)c2cc(C)c(C)cc2C(CC)(CC)N1Cc1ccccc1. The molecule has 0 atom stereocenters. The number of fused-ring (bicyclic) bond motifs is 1. The molecule has 0 fully saturated rings. The Hall–Kier alpha value is -1.60. The van der Waals surface area contributed by atoms with Crippen molar-refractivity contribution >= 4 is 0 Å². The number of benzene rings is 2. The summed E-state index contributed by atoms with van der Waals surface area (Å²) in [6, 6.07) is 16.0. The lowest BCUT2D eigenvalue weighted by Crippen LogP contribution is -2.49. The first-order chi connectivity index (χ1) is 12.5. The van der Waals surface area contributed by atoms with Crippen LogP contribution in [0.2, 0.25) is 0 Å². The zero-order valence-electron chi connectivity index (χ0n) is 17.5. The van der Waals surface area contributed by atoms with Gasteiger partial charge >= 0.3 is 0 Å². The first-order valence-corrected chi connectivity index (χ1v) is 10.4. The fourth-order valence-electron chi connectivity index (χ4n) is 5.38. The molecule has 0 radical (unpaired) electrons. The van der Waals surface area contributed by atoms with E-state index in [1.807, 2.05) is 0 Å². The van der Waals surface area contributed by atoms with Gasteiger partial charge in [-0.05, 0) is 67.3 Å². The molecule has 0 bridgehead atoms. The topological polar surface area (TPSA) is 3.24 Å². The quantitative estimate of drug-likeness (QED) is 0.551. The van der Waals surface area contributed by atoms with Gasteiger partial charge in [-0.1, -0.05) is 70.2 Å². The number of nitrogens with zero attached hydrogens (tertiary/aromatic N) is 1. The van der Waals surface area contributed by atoms with E-state index >= 15 is 0 Å². The maximum Gasteiger partial charge on any atom is 0.0471 e. The summed E-state index contributed by atoms with van der Waals surface area (Å²) in [6.07, 6.45) is 4.64. The van der Waals surface area contributed by atoms with Crippen molar-refractivity contribution in [2.24, 2.45) is 0 Å². The lowest BCUT2D eigenvalue weighted by Gasteiger charge is -2.47. The third-order valence-electron chi connectivity index (χ3n) is 7.19. The average Bonchev–Trinajstić information content (AvgIpc) is 2.89. The molecular formula is C25H35N. The van der Waals surface area contributed by atoms with Crippen LogP contribution in [-0.2, 0) is 17.6 Å².